The zero-order chi connectivity index (χ0) is 8.10. The second-order valence-corrected chi connectivity index (χ2v) is 3.17. The highest BCUT2D eigenvalue weighted by atomic mass is 16.5. The maximum absolute atomic E-state index is 5.94. The third-order valence-corrected chi connectivity index (χ3v) is 2.31. The van der Waals surface area contributed by atoms with Gasteiger partial charge in [-0.15, -0.1) is 0 Å². The molecule has 3 nitrogen and oxygen atoms in total. The zero-order valence-electron chi connectivity index (χ0n) is 7.18. The number of hydrogen-bond donors (Lipinski definition) is 2. The van der Waals surface area contributed by atoms with Crippen LogP contribution in [-0.4, -0.2) is 32.8 Å². The number of rotatable bonds is 3. The van der Waals surface area contributed by atoms with Gasteiger partial charge in [-0.1, -0.05) is 0 Å². The second-order valence-electron chi connectivity index (χ2n) is 3.17. The molecule has 0 aromatic heterocycles. The standard InChI is InChI=1S/C8H18N2O/c1-10-6-8(9)7-2-4-11-5-3-7/h7-8,10H,2-6,9H2,1H3. The molecule has 1 rings (SSSR count). The Balaban J connectivity index is 2.21. The molecule has 1 heterocycles. The predicted molar refractivity (Wildman–Crippen MR) is 45.4 cm³/mol. The van der Waals surface area contributed by atoms with Gasteiger partial charge in [-0.3, -0.25) is 0 Å². The van der Waals surface area contributed by atoms with Crippen LogP contribution in [0.5, 0.6) is 0 Å². The normalized spacial score (nSPS) is 23.5. The highest BCUT2D eigenvalue weighted by Gasteiger charge is 2.19. The Hall–Kier alpha value is -0.120. The summed E-state index contributed by atoms with van der Waals surface area (Å²) in [5, 5.41) is 3.10. The molecule has 3 heteroatoms. The molecule has 0 aromatic carbocycles. The number of nitrogens with two attached hydrogens (primary N) is 1. The van der Waals surface area contributed by atoms with E-state index in [1.165, 1.54) is 0 Å². The van der Waals surface area contributed by atoms with E-state index in [0.29, 0.717) is 12.0 Å². The number of nitrogens with one attached hydrogen (secondary N) is 1. The van der Waals surface area contributed by atoms with Gasteiger partial charge in [0.15, 0.2) is 0 Å². The largest absolute Gasteiger partial charge is 0.381 e. The van der Waals surface area contributed by atoms with Crippen molar-refractivity contribution in [3.63, 3.8) is 0 Å². The van der Waals surface area contributed by atoms with Crippen LogP contribution in [0.3, 0.4) is 0 Å². The molecule has 1 saturated heterocycles. The van der Waals surface area contributed by atoms with Crippen molar-refractivity contribution in [1.82, 2.24) is 5.32 Å². The number of hydrogen-bond acceptors (Lipinski definition) is 3. The Kier molecular flexibility index (Phi) is 3.83. The van der Waals surface area contributed by atoms with E-state index in [9.17, 15) is 0 Å². The van der Waals surface area contributed by atoms with Gasteiger partial charge < -0.3 is 15.8 Å². The van der Waals surface area contributed by atoms with E-state index in [2.05, 4.69) is 5.32 Å². The van der Waals surface area contributed by atoms with Crippen molar-refractivity contribution in [3.05, 3.63) is 0 Å². The minimum Gasteiger partial charge on any atom is -0.381 e. The summed E-state index contributed by atoms with van der Waals surface area (Å²) >= 11 is 0. The molecule has 66 valence electrons. The van der Waals surface area contributed by atoms with E-state index in [1.54, 1.807) is 0 Å². The van der Waals surface area contributed by atoms with E-state index in [1.807, 2.05) is 7.05 Å². The fraction of sp³-hybridized carbons (Fsp3) is 1.00. The molecular weight excluding hydrogens is 140 g/mol. The van der Waals surface area contributed by atoms with E-state index < -0.39 is 0 Å². The molecule has 1 aliphatic rings. The zero-order valence-corrected chi connectivity index (χ0v) is 7.18. The van der Waals surface area contributed by atoms with Crippen molar-refractivity contribution in [2.75, 3.05) is 26.8 Å². The van der Waals surface area contributed by atoms with E-state index >= 15 is 0 Å². The van der Waals surface area contributed by atoms with Crippen molar-refractivity contribution in [2.45, 2.75) is 18.9 Å². The van der Waals surface area contributed by atoms with Gasteiger partial charge in [0.1, 0.15) is 0 Å². The third kappa shape index (κ3) is 2.77. The quantitative estimate of drug-likeness (QED) is 0.606. The maximum atomic E-state index is 5.94. The van der Waals surface area contributed by atoms with Gasteiger partial charge in [-0.25, -0.2) is 0 Å². The first-order valence-electron chi connectivity index (χ1n) is 4.32. The minimum absolute atomic E-state index is 0.309. The Bertz CT molecular complexity index is 102. The van der Waals surface area contributed by atoms with Gasteiger partial charge in [-0.05, 0) is 25.8 Å². The van der Waals surface area contributed by atoms with Crippen molar-refractivity contribution in [3.8, 4) is 0 Å². The average molecular weight is 158 g/mol. The lowest BCUT2D eigenvalue weighted by atomic mass is 9.92. The van der Waals surface area contributed by atoms with Crippen molar-refractivity contribution in [2.24, 2.45) is 11.7 Å². The van der Waals surface area contributed by atoms with Crippen LogP contribution in [0.2, 0.25) is 0 Å². The van der Waals surface area contributed by atoms with Crippen LogP contribution in [0.15, 0.2) is 0 Å². The highest BCUT2D eigenvalue weighted by molar-refractivity contribution is 4.76. The molecule has 11 heavy (non-hydrogen) atoms. The van der Waals surface area contributed by atoms with Gasteiger partial charge in [0.05, 0.1) is 0 Å². The summed E-state index contributed by atoms with van der Waals surface area (Å²) in [5.41, 5.74) is 5.94. The van der Waals surface area contributed by atoms with Gasteiger partial charge >= 0.3 is 0 Å². The summed E-state index contributed by atoms with van der Waals surface area (Å²) in [6.45, 7) is 2.70. The van der Waals surface area contributed by atoms with Gasteiger partial charge in [-0.2, -0.15) is 0 Å². The first-order valence-corrected chi connectivity index (χ1v) is 4.32. The van der Waals surface area contributed by atoms with Crippen LogP contribution in [-0.2, 0) is 4.74 Å². The SMILES string of the molecule is CNCC(N)C1CCOCC1. The van der Waals surface area contributed by atoms with Crippen molar-refractivity contribution >= 4 is 0 Å². The minimum atomic E-state index is 0.309. The Labute approximate surface area is 68.3 Å². The summed E-state index contributed by atoms with van der Waals surface area (Å²) in [6.07, 6.45) is 2.26. The van der Waals surface area contributed by atoms with Crippen LogP contribution < -0.4 is 11.1 Å². The maximum Gasteiger partial charge on any atom is 0.0469 e. The Morgan fingerprint density at radius 1 is 1.55 bits per heavy atom. The van der Waals surface area contributed by atoms with Crippen LogP contribution in [0.25, 0.3) is 0 Å². The molecule has 1 unspecified atom stereocenters. The molecule has 1 aliphatic heterocycles. The topological polar surface area (TPSA) is 47.3 Å². The number of ether oxygens (including phenoxy) is 1. The first kappa shape index (κ1) is 8.97. The van der Waals surface area contributed by atoms with E-state index in [0.717, 1.165) is 32.6 Å². The molecule has 0 aliphatic carbocycles. The van der Waals surface area contributed by atoms with Gasteiger partial charge in [0.2, 0.25) is 0 Å². The molecule has 0 aromatic rings. The summed E-state index contributed by atoms with van der Waals surface area (Å²) < 4.78 is 5.25. The third-order valence-electron chi connectivity index (χ3n) is 2.31. The fourth-order valence-electron chi connectivity index (χ4n) is 1.55. The smallest absolute Gasteiger partial charge is 0.0469 e. The molecule has 0 spiro atoms. The molecule has 0 saturated carbocycles. The monoisotopic (exact) mass is 158 g/mol. The molecular formula is C8H18N2O. The lowest BCUT2D eigenvalue weighted by Gasteiger charge is -2.27. The average Bonchev–Trinajstić information content (AvgIpc) is 2.07. The summed E-state index contributed by atoms with van der Waals surface area (Å²) in [4.78, 5) is 0. The Morgan fingerprint density at radius 3 is 2.73 bits per heavy atom. The van der Waals surface area contributed by atoms with Gasteiger partial charge in [0.25, 0.3) is 0 Å². The van der Waals surface area contributed by atoms with Gasteiger partial charge in [0, 0.05) is 25.8 Å². The van der Waals surface area contributed by atoms with E-state index in [-0.39, 0.29) is 0 Å². The van der Waals surface area contributed by atoms with Crippen molar-refractivity contribution in [1.29, 1.82) is 0 Å². The van der Waals surface area contributed by atoms with Crippen molar-refractivity contribution < 1.29 is 4.74 Å². The van der Waals surface area contributed by atoms with Crippen LogP contribution in [0.1, 0.15) is 12.8 Å². The number of likely N-dealkylation sites (N-methyl/N-ethyl adjacent to an activating group) is 1. The fourth-order valence-corrected chi connectivity index (χ4v) is 1.55. The molecule has 1 atom stereocenters. The summed E-state index contributed by atoms with van der Waals surface area (Å²) in [6, 6.07) is 0.309. The molecule has 1 fully saturated rings. The van der Waals surface area contributed by atoms with Crippen LogP contribution >= 0.6 is 0 Å². The second kappa shape index (κ2) is 4.70. The van der Waals surface area contributed by atoms with E-state index in [4.69, 9.17) is 10.5 Å². The first-order chi connectivity index (χ1) is 5.34. The lowest BCUT2D eigenvalue weighted by molar-refractivity contribution is 0.0586. The molecule has 0 bridgehead atoms. The summed E-state index contributed by atoms with van der Waals surface area (Å²) in [7, 11) is 1.94. The molecule has 0 amide bonds. The molecule has 0 radical (unpaired) electrons. The lowest BCUT2D eigenvalue weighted by Crippen LogP contribution is -2.41. The Morgan fingerprint density at radius 2 is 2.18 bits per heavy atom. The van der Waals surface area contributed by atoms with Crippen LogP contribution in [0, 0.1) is 5.92 Å². The predicted octanol–water partition coefficient (Wildman–Crippen LogP) is -0.0403. The molecule has 3 N–H and O–H groups in total. The highest BCUT2D eigenvalue weighted by Crippen LogP contribution is 2.16. The van der Waals surface area contributed by atoms with Crippen LogP contribution in [0.4, 0.5) is 0 Å². The summed E-state index contributed by atoms with van der Waals surface area (Å²) in [5.74, 6) is 0.663.